The van der Waals surface area contributed by atoms with Gasteiger partial charge in [0.2, 0.25) is 4.74 Å². The quantitative estimate of drug-likeness (QED) is 0.684. The first kappa shape index (κ1) is 9.16. The van der Waals surface area contributed by atoms with Crippen LogP contribution < -0.4 is 4.74 Å². The fourth-order valence-electron chi connectivity index (χ4n) is 1.43. The van der Waals surface area contributed by atoms with Crippen molar-refractivity contribution in [3.8, 4) is 0 Å². The van der Waals surface area contributed by atoms with Gasteiger partial charge in [0, 0.05) is 10.3 Å². The third-order valence-electron chi connectivity index (χ3n) is 2.07. The first-order valence-electron chi connectivity index (χ1n) is 4.44. The third kappa shape index (κ3) is 1.61. The minimum absolute atomic E-state index is 0.139. The molecule has 70 valence electrons. The monoisotopic (exact) mass is 202 g/mol. The Morgan fingerprint density at radius 3 is 2.93 bits per heavy atom. The van der Waals surface area contributed by atoms with E-state index in [1.54, 1.807) is 0 Å². The van der Waals surface area contributed by atoms with Crippen LogP contribution in [0.3, 0.4) is 0 Å². The topological polar surface area (TPSA) is 17.1 Å². The van der Waals surface area contributed by atoms with Crippen molar-refractivity contribution in [2.75, 3.05) is 0 Å². The summed E-state index contributed by atoms with van der Waals surface area (Å²) in [4.78, 5) is 12.7. The molecule has 0 aliphatic heterocycles. The Hall–Kier alpha value is -1.41. The second kappa shape index (κ2) is 3.76. The normalized spacial score (nSPS) is 10.3. The lowest BCUT2D eigenvalue weighted by Gasteiger charge is -1.98. The largest absolute Gasteiger partial charge is 0.277 e. The Morgan fingerprint density at radius 1 is 1.36 bits per heavy atom. The van der Waals surface area contributed by atoms with Crippen LogP contribution in [0.2, 0.25) is 0 Å². The Labute approximate surface area is 86.3 Å². The summed E-state index contributed by atoms with van der Waals surface area (Å²) in [5.74, 6) is 0. The highest BCUT2D eigenvalue weighted by Gasteiger charge is 2.00. The fourth-order valence-corrected chi connectivity index (χ4v) is 2.35. The first-order valence-corrected chi connectivity index (χ1v) is 5.25. The highest BCUT2D eigenvalue weighted by Crippen LogP contribution is 2.15. The van der Waals surface area contributed by atoms with Gasteiger partial charge in [-0.15, -0.1) is 6.58 Å². The molecule has 0 saturated carbocycles. The molecule has 2 aromatic rings. The zero-order valence-corrected chi connectivity index (χ0v) is 8.51. The highest BCUT2D eigenvalue weighted by molar-refractivity contribution is 7.09. The molecule has 0 unspecified atom stereocenters. The molecular formula is C12H10OS. The van der Waals surface area contributed by atoms with Gasteiger partial charge in [-0.05, 0) is 23.9 Å². The van der Waals surface area contributed by atoms with Crippen LogP contribution in [0.25, 0.3) is 10.8 Å². The van der Waals surface area contributed by atoms with Gasteiger partial charge in [0.1, 0.15) is 0 Å². The summed E-state index contributed by atoms with van der Waals surface area (Å²) < 4.78 is 0.139. The average Bonchev–Trinajstić information content (AvgIpc) is 2.18. The minimum Gasteiger partial charge on any atom is -0.277 e. The predicted molar refractivity (Wildman–Crippen MR) is 62.0 cm³/mol. The Morgan fingerprint density at radius 2 is 2.14 bits per heavy atom. The van der Waals surface area contributed by atoms with Crippen molar-refractivity contribution in [2.24, 2.45) is 0 Å². The summed E-state index contributed by atoms with van der Waals surface area (Å²) in [5.41, 5.74) is 0. The zero-order valence-electron chi connectivity index (χ0n) is 7.69. The molecule has 1 heterocycles. The Kier molecular flexibility index (Phi) is 2.46. The molecule has 0 spiro atoms. The molecule has 1 aromatic carbocycles. The van der Waals surface area contributed by atoms with Crippen molar-refractivity contribution in [3.05, 3.63) is 57.4 Å². The van der Waals surface area contributed by atoms with Crippen LogP contribution in [-0.2, 0) is 6.42 Å². The van der Waals surface area contributed by atoms with E-state index in [4.69, 9.17) is 0 Å². The van der Waals surface area contributed by atoms with Gasteiger partial charge < -0.3 is 0 Å². The molecular weight excluding hydrogens is 192 g/mol. The van der Waals surface area contributed by atoms with E-state index in [-0.39, 0.29) is 4.74 Å². The van der Waals surface area contributed by atoms with Crippen LogP contribution in [0.4, 0.5) is 0 Å². The lowest BCUT2D eigenvalue weighted by atomic mass is 10.2. The maximum Gasteiger partial charge on any atom is 0.240 e. The molecule has 0 aliphatic carbocycles. The zero-order chi connectivity index (χ0) is 9.97. The van der Waals surface area contributed by atoms with Crippen LogP contribution in [0, 0.1) is 0 Å². The molecule has 0 atom stereocenters. The summed E-state index contributed by atoms with van der Waals surface area (Å²) >= 11 is 1.30. The summed E-state index contributed by atoms with van der Waals surface area (Å²) in [6, 6.07) is 9.73. The van der Waals surface area contributed by atoms with Crippen molar-refractivity contribution in [1.82, 2.24) is 0 Å². The number of benzene rings is 1. The van der Waals surface area contributed by atoms with Crippen molar-refractivity contribution >= 4 is 22.1 Å². The van der Waals surface area contributed by atoms with Crippen molar-refractivity contribution in [2.45, 2.75) is 6.42 Å². The smallest absolute Gasteiger partial charge is 0.240 e. The van der Waals surface area contributed by atoms with Crippen LogP contribution >= 0.6 is 11.3 Å². The lowest BCUT2D eigenvalue weighted by molar-refractivity contribution is 1.35. The maximum absolute atomic E-state index is 11.7. The molecule has 14 heavy (non-hydrogen) atoms. The van der Waals surface area contributed by atoms with E-state index in [9.17, 15) is 4.79 Å². The molecule has 0 bridgehead atoms. The Balaban J connectivity index is 2.72. The second-order valence-corrected chi connectivity index (χ2v) is 4.18. The molecule has 0 radical (unpaired) electrons. The van der Waals surface area contributed by atoms with E-state index in [1.165, 1.54) is 11.3 Å². The van der Waals surface area contributed by atoms with Gasteiger partial charge >= 0.3 is 0 Å². The van der Waals surface area contributed by atoms with E-state index in [0.29, 0.717) is 0 Å². The second-order valence-electron chi connectivity index (χ2n) is 3.08. The number of hydrogen-bond acceptors (Lipinski definition) is 2. The van der Waals surface area contributed by atoms with E-state index in [0.717, 1.165) is 22.1 Å². The van der Waals surface area contributed by atoms with E-state index >= 15 is 0 Å². The van der Waals surface area contributed by atoms with E-state index < -0.39 is 0 Å². The van der Waals surface area contributed by atoms with Gasteiger partial charge in [0.25, 0.3) is 0 Å². The molecule has 0 saturated heterocycles. The molecule has 2 rings (SSSR count). The van der Waals surface area contributed by atoms with Crippen molar-refractivity contribution in [1.29, 1.82) is 0 Å². The predicted octanol–water partition coefficient (Wildman–Crippen LogP) is 2.99. The van der Waals surface area contributed by atoms with Crippen LogP contribution in [0.15, 0.2) is 47.8 Å². The molecule has 0 fully saturated rings. The highest BCUT2D eigenvalue weighted by atomic mass is 32.1. The maximum atomic E-state index is 11.7. The van der Waals surface area contributed by atoms with Gasteiger partial charge in [-0.3, -0.25) is 4.79 Å². The summed E-state index contributed by atoms with van der Waals surface area (Å²) in [6.07, 6.45) is 2.59. The van der Waals surface area contributed by atoms with Gasteiger partial charge in [-0.2, -0.15) is 0 Å². The molecule has 0 aliphatic rings. The van der Waals surface area contributed by atoms with Crippen LogP contribution in [0.5, 0.6) is 0 Å². The average molecular weight is 202 g/mol. The first-order chi connectivity index (χ1) is 6.81. The van der Waals surface area contributed by atoms with Gasteiger partial charge in [-0.1, -0.05) is 35.6 Å². The number of rotatable bonds is 2. The third-order valence-corrected chi connectivity index (χ3v) is 3.02. The standard InChI is InChI=1S/C12H10OS/c1-2-5-10-8-9-6-3-4-7-11(9)12(13)14-10/h2-4,6-8H,1,5H2. The molecule has 2 heteroatoms. The van der Waals surface area contributed by atoms with Crippen LogP contribution in [0.1, 0.15) is 4.88 Å². The SMILES string of the molecule is C=CCc1cc2ccccc2c(=O)s1. The molecule has 1 nitrogen and oxygen atoms in total. The number of allylic oxidation sites excluding steroid dienone is 1. The van der Waals surface area contributed by atoms with Gasteiger partial charge in [0.05, 0.1) is 0 Å². The molecule has 0 amide bonds. The van der Waals surface area contributed by atoms with Crippen LogP contribution in [-0.4, -0.2) is 0 Å². The van der Waals surface area contributed by atoms with Gasteiger partial charge in [-0.25, -0.2) is 0 Å². The fraction of sp³-hybridized carbons (Fsp3) is 0.0833. The number of hydrogen-bond donors (Lipinski definition) is 0. The lowest BCUT2D eigenvalue weighted by Crippen LogP contribution is -1.96. The number of fused-ring (bicyclic) bond motifs is 1. The minimum atomic E-state index is 0.139. The molecule has 0 N–H and O–H groups in total. The Bertz CT molecular complexity index is 525. The van der Waals surface area contributed by atoms with E-state index in [2.05, 4.69) is 12.6 Å². The van der Waals surface area contributed by atoms with E-state index in [1.807, 2.05) is 30.3 Å². The van der Waals surface area contributed by atoms with Crippen molar-refractivity contribution in [3.63, 3.8) is 0 Å². The van der Waals surface area contributed by atoms with Crippen molar-refractivity contribution < 1.29 is 0 Å². The summed E-state index contributed by atoms with van der Waals surface area (Å²) in [6.45, 7) is 3.67. The summed E-state index contributed by atoms with van der Waals surface area (Å²) in [7, 11) is 0. The molecule has 1 aromatic heterocycles. The summed E-state index contributed by atoms with van der Waals surface area (Å²) in [5, 5.41) is 1.83. The van der Waals surface area contributed by atoms with Gasteiger partial charge in [0.15, 0.2) is 0 Å².